The first-order valence-corrected chi connectivity index (χ1v) is 4.68. The molecule has 0 radical (unpaired) electrons. The molecule has 0 aromatic carbocycles. The Hall–Kier alpha value is -1.11. The Labute approximate surface area is 79.8 Å². The topological polar surface area (TPSA) is 17.1 Å². The SMILES string of the molecule is C=CCC(=O)C1=C(C(=C)C)CCC1. The van der Waals surface area contributed by atoms with Gasteiger partial charge in [0, 0.05) is 6.42 Å². The third-order valence-electron chi connectivity index (χ3n) is 2.40. The summed E-state index contributed by atoms with van der Waals surface area (Å²) in [6.45, 7) is 9.44. The average Bonchev–Trinajstić information content (AvgIpc) is 2.52. The van der Waals surface area contributed by atoms with E-state index in [0.29, 0.717) is 6.42 Å². The molecule has 1 aliphatic carbocycles. The number of ketones is 1. The van der Waals surface area contributed by atoms with Crippen molar-refractivity contribution in [2.24, 2.45) is 0 Å². The van der Waals surface area contributed by atoms with E-state index in [1.165, 1.54) is 5.57 Å². The Bertz CT molecular complexity index is 281. The Morgan fingerprint density at radius 2 is 2.08 bits per heavy atom. The molecular weight excluding hydrogens is 160 g/mol. The number of carbonyl (C=O) groups excluding carboxylic acids is 1. The zero-order chi connectivity index (χ0) is 9.84. The summed E-state index contributed by atoms with van der Waals surface area (Å²) >= 11 is 0. The van der Waals surface area contributed by atoms with Crippen LogP contribution in [0.3, 0.4) is 0 Å². The van der Waals surface area contributed by atoms with Crippen molar-refractivity contribution in [3.63, 3.8) is 0 Å². The number of hydrogen-bond donors (Lipinski definition) is 0. The summed E-state index contributed by atoms with van der Waals surface area (Å²) in [6.07, 6.45) is 5.18. The van der Waals surface area contributed by atoms with Crippen LogP contribution < -0.4 is 0 Å². The van der Waals surface area contributed by atoms with Gasteiger partial charge in [-0.3, -0.25) is 4.79 Å². The van der Waals surface area contributed by atoms with E-state index >= 15 is 0 Å². The van der Waals surface area contributed by atoms with Crippen LogP contribution in [0.25, 0.3) is 0 Å². The second kappa shape index (κ2) is 4.22. The van der Waals surface area contributed by atoms with Crippen LogP contribution in [0.4, 0.5) is 0 Å². The molecule has 0 amide bonds. The molecule has 0 aromatic rings. The Kier molecular flexibility index (Phi) is 3.24. The molecule has 0 bridgehead atoms. The molecule has 1 nitrogen and oxygen atoms in total. The van der Waals surface area contributed by atoms with Crippen molar-refractivity contribution in [1.82, 2.24) is 0 Å². The first-order chi connectivity index (χ1) is 6.16. The van der Waals surface area contributed by atoms with Crippen molar-refractivity contribution in [2.45, 2.75) is 32.6 Å². The Morgan fingerprint density at radius 3 is 2.62 bits per heavy atom. The van der Waals surface area contributed by atoms with Crippen molar-refractivity contribution in [3.05, 3.63) is 36.0 Å². The van der Waals surface area contributed by atoms with Crippen molar-refractivity contribution in [1.29, 1.82) is 0 Å². The van der Waals surface area contributed by atoms with E-state index in [9.17, 15) is 4.79 Å². The number of carbonyl (C=O) groups is 1. The van der Waals surface area contributed by atoms with E-state index in [0.717, 1.165) is 30.4 Å². The lowest BCUT2D eigenvalue weighted by atomic mass is 10.0. The summed E-state index contributed by atoms with van der Waals surface area (Å²) in [7, 11) is 0. The van der Waals surface area contributed by atoms with Gasteiger partial charge >= 0.3 is 0 Å². The highest BCUT2D eigenvalue weighted by Crippen LogP contribution is 2.31. The number of rotatable bonds is 4. The van der Waals surface area contributed by atoms with Crippen LogP contribution in [0.1, 0.15) is 32.6 Å². The second-order valence-electron chi connectivity index (χ2n) is 3.51. The first-order valence-electron chi connectivity index (χ1n) is 4.68. The lowest BCUT2D eigenvalue weighted by Crippen LogP contribution is -2.00. The van der Waals surface area contributed by atoms with Crippen molar-refractivity contribution >= 4 is 5.78 Å². The van der Waals surface area contributed by atoms with E-state index in [2.05, 4.69) is 13.2 Å². The molecule has 0 saturated carbocycles. The van der Waals surface area contributed by atoms with E-state index in [1.54, 1.807) is 6.08 Å². The van der Waals surface area contributed by atoms with Crippen molar-refractivity contribution in [3.8, 4) is 0 Å². The van der Waals surface area contributed by atoms with Gasteiger partial charge in [-0.2, -0.15) is 0 Å². The summed E-state index contributed by atoms with van der Waals surface area (Å²) in [4.78, 5) is 11.6. The minimum absolute atomic E-state index is 0.227. The van der Waals surface area contributed by atoms with Gasteiger partial charge in [0.2, 0.25) is 0 Å². The summed E-state index contributed by atoms with van der Waals surface area (Å²) in [5.74, 6) is 0.227. The van der Waals surface area contributed by atoms with Crippen LogP contribution in [0.5, 0.6) is 0 Å². The monoisotopic (exact) mass is 176 g/mol. The number of hydrogen-bond acceptors (Lipinski definition) is 1. The normalized spacial score (nSPS) is 16.1. The van der Waals surface area contributed by atoms with Gasteiger partial charge in [0.25, 0.3) is 0 Å². The molecule has 0 N–H and O–H groups in total. The van der Waals surface area contributed by atoms with Crippen LogP contribution in [0.2, 0.25) is 0 Å². The minimum Gasteiger partial charge on any atom is -0.294 e. The predicted molar refractivity (Wildman–Crippen MR) is 55.5 cm³/mol. The molecule has 13 heavy (non-hydrogen) atoms. The smallest absolute Gasteiger partial charge is 0.162 e. The van der Waals surface area contributed by atoms with E-state index in [4.69, 9.17) is 0 Å². The molecule has 0 fully saturated rings. The van der Waals surface area contributed by atoms with Gasteiger partial charge in [-0.25, -0.2) is 0 Å². The third-order valence-corrected chi connectivity index (χ3v) is 2.40. The van der Waals surface area contributed by atoms with Crippen molar-refractivity contribution < 1.29 is 4.79 Å². The maximum atomic E-state index is 11.6. The highest BCUT2D eigenvalue weighted by molar-refractivity contribution is 5.98. The van der Waals surface area contributed by atoms with Crippen LogP contribution >= 0.6 is 0 Å². The van der Waals surface area contributed by atoms with Crippen molar-refractivity contribution in [2.75, 3.05) is 0 Å². The number of allylic oxidation sites excluding steroid dienone is 4. The van der Waals surface area contributed by atoms with Gasteiger partial charge in [0.15, 0.2) is 5.78 Å². The quantitative estimate of drug-likeness (QED) is 0.601. The Balaban J connectivity index is 2.87. The highest BCUT2D eigenvalue weighted by atomic mass is 16.1. The van der Waals surface area contributed by atoms with Gasteiger partial charge in [-0.15, -0.1) is 6.58 Å². The van der Waals surface area contributed by atoms with E-state index < -0.39 is 0 Å². The maximum Gasteiger partial charge on any atom is 0.162 e. The lowest BCUT2D eigenvalue weighted by molar-refractivity contribution is -0.114. The fourth-order valence-electron chi connectivity index (χ4n) is 1.78. The molecule has 0 atom stereocenters. The van der Waals surface area contributed by atoms with Gasteiger partial charge in [-0.05, 0) is 37.3 Å². The van der Waals surface area contributed by atoms with Crippen LogP contribution in [-0.4, -0.2) is 5.78 Å². The van der Waals surface area contributed by atoms with Gasteiger partial charge in [0.05, 0.1) is 0 Å². The molecule has 0 spiro atoms. The summed E-state index contributed by atoms with van der Waals surface area (Å²) < 4.78 is 0. The Morgan fingerprint density at radius 1 is 1.46 bits per heavy atom. The zero-order valence-electron chi connectivity index (χ0n) is 8.23. The third kappa shape index (κ3) is 2.18. The van der Waals surface area contributed by atoms with E-state index in [1.807, 2.05) is 6.92 Å². The first kappa shape index (κ1) is 9.97. The highest BCUT2D eigenvalue weighted by Gasteiger charge is 2.19. The fourth-order valence-corrected chi connectivity index (χ4v) is 1.78. The molecule has 70 valence electrons. The van der Waals surface area contributed by atoms with Gasteiger partial charge in [-0.1, -0.05) is 18.2 Å². The molecule has 0 aromatic heterocycles. The van der Waals surface area contributed by atoms with E-state index in [-0.39, 0.29) is 5.78 Å². The van der Waals surface area contributed by atoms with Crippen LogP contribution in [0.15, 0.2) is 36.0 Å². The molecule has 0 unspecified atom stereocenters. The molecule has 1 aliphatic rings. The van der Waals surface area contributed by atoms with Gasteiger partial charge < -0.3 is 0 Å². The molecule has 0 saturated heterocycles. The summed E-state index contributed by atoms with van der Waals surface area (Å²) in [5.41, 5.74) is 3.23. The molecule has 1 heteroatoms. The average molecular weight is 176 g/mol. The largest absolute Gasteiger partial charge is 0.294 e. The predicted octanol–water partition coefficient (Wildman–Crippen LogP) is 3.19. The fraction of sp³-hybridized carbons (Fsp3) is 0.417. The zero-order valence-corrected chi connectivity index (χ0v) is 8.23. The molecular formula is C12H16O. The standard InChI is InChI=1S/C12H16O/c1-4-6-12(13)11-8-5-7-10(11)9(2)3/h4H,1-2,5-8H2,3H3. The summed E-state index contributed by atoms with van der Waals surface area (Å²) in [5, 5.41) is 0. The minimum atomic E-state index is 0.227. The van der Waals surface area contributed by atoms with Gasteiger partial charge in [0.1, 0.15) is 0 Å². The summed E-state index contributed by atoms with van der Waals surface area (Å²) in [6, 6.07) is 0. The lowest BCUT2D eigenvalue weighted by Gasteiger charge is -2.04. The van der Waals surface area contributed by atoms with Crippen LogP contribution in [0, 0.1) is 0 Å². The number of Topliss-reactive ketones (excluding diaryl/α,β-unsaturated/α-hetero) is 1. The second-order valence-corrected chi connectivity index (χ2v) is 3.51. The molecule has 1 rings (SSSR count). The molecule has 0 aliphatic heterocycles. The van der Waals surface area contributed by atoms with Crippen LogP contribution in [-0.2, 0) is 4.79 Å². The maximum absolute atomic E-state index is 11.6. The molecule has 0 heterocycles.